The van der Waals surface area contributed by atoms with Gasteiger partial charge in [0.2, 0.25) is 0 Å². The van der Waals surface area contributed by atoms with Gasteiger partial charge in [0.1, 0.15) is 11.1 Å². The van der Waals surface area contributed by atoms with Crippen LogP contribution < -0.4 is 4.90 Å². The molecule has 2 aromatic rings. The first-order valence-electron chi connectivity index (χ1n) is 9.47. The third kappa shape index (κ3) is 4.05. The molecule has 0 radical (unpaired) electrons. The van der Waals surface area contributed by atoms with Gasteiger partial charge < -0.3 is 19.3 Å². The number of nitrogens with one attached hydrogen (secondary N) is 1. The summed E-state index contributed by atoms with van der Waals surface area (Å²) in [6.07, 6.45) is 3.20. The zero-order valence-corrected chi connectivity index (χ0v) is 17.1. The summed E-state index contributed by atoms with van der Waals surface area (Å²) in [5, 5.41) is 7.96. The number of piperidine rings is 1. The monoisotopic (exact) mass is 388 g/mol. The van der Waals surface area contributed by atoms with Crippen molar-refractivity contribution < 1.29 is 19.1 Å². The Morgan fingerprint density at radius 3 is 2.54 bits per heavy atom. The Bertz CT molecular complexity index is 863. The molecule has 1 aromatic heterocycles. The molecule has 0 unspecified atom stereocenters. The number of H-pyrrole nitrogens is 1. The highest BCUT2D eigenvalue weighted by molar-refractivity contribution is 6.06. The molecule has 0 spiro atoms. The van der Waals surface area contributed by atoms with Gasteiger partial charge in [-0.1, -0.05) is 0 Å². The molecule has 0 saturated carbocycles. The van der Waals surface area contributed by atoms with Crippen molar-refractivity contribution in [3.05, 3.63) is 23.9 Å². The maximum absolute atomic E-state index is 12.3. The normalized spacial score (nSPS) is 15.5. The number of benzene rings is 1. The van der Waals surface area contributed by atoms with Gasteiger partial charge in [-0.3, -0.25) is 5.10 Å². The van der Waals surface area contributed by atoms with E-state index in [0.717, 1.165) is 37.0 Å². The minimum absolute atomic E-state index is 0.139. The zero-order valence-electron chi connectivity index (χ0n) is 17.1. The van der Waals surface area contributed by atoms with E-state index in [0.29, 0.717) is 11.1 Å². The molecule has 8 nitrogen and oxygen atoms in total. The van der Waals surface area contributed by atoms with E-state index in [9.17, 15) is 9.59 Å². The van der Waals surface area contributed by atoms with Crippen molar-refractivity contribution in [2.75, 3.05) is 32.1 Å². The van der Waals surface area contributed by atoms with Gasteiger partial charge in [0.15, 0.2) is 0 Å². The second-order valence-electron chi connectivity index (χ2n) is 8.08. The Labute approximate surface area is 164 Å². The van der Waals surface area contributed by atoms with Gasteiger partial charge in [0.05, 0.1) is 12.7 Å². The molecule has 1 aromatic carbocycles. The van der Waals surface area contributed by atoms with Gasteiger partial charge in [-0.25, -0.2) is 9.59 Å². The molecule has 1 saturated heterocycles. The number of carbonyl (C=O) groups is 2. The van der Waals surface area contributed by atoms with Gasteiger partial charge >= 0.3 is 12.1 Å². The molecule has 1 fully saturated rings. The Kier molecular flexibility index (Phi) is 5.49. The summed E-state index contributed by atoms with van der Waals surface area (Å²) >= 11 is 0. The Morgan fingerprint density at radius 2 is 1.93 bits per heavy atom. The van der Waals surface area contributed by atoms with Crippen LogP contribution in [0.5, 0.6) is 0 Å². The first kappa shape index (κ1) is 20.0. The lowest BCUT2D eigenvalue weighted by atomic mass is 10.0. The van der Waals surface area contributed by atoms with Crippen molar-refractivity contribution in [3.63, 3.8) is 0 Å². The summed E-state index contributed by atoms with van der Waals surface area (Å²) in [5.74, 6) is -0.402. The van der Waals surface area contributed by atoms with E-state index < -0.39 is 11.6 Å². The number of rotatable bonds is 3. The maximum atomic E-state index is 12.3. The van der Waals surface area contributed by atoms with Crippen LogP contribution in [0.1, 0.15) is 44.0 Å². The number of amides is 1. The number of hydrogen-bond donors (Lipinski definition) is 1. The SMILES string of the molecule is COC(=O)c1ccc(N2CCC(N(C)C(=O)OC(C)(C)C)CC2)c2c[nH]nc12. The average molecular weight is 388 g/mol. The predicted molar refractivity (Wildman–Crippen MR) is 107 cm³/mol. The predicted octanol–water partition coefficient (Wildman–Crippen LogP) is 3.19. The van der Waals surface area contributed by atoms with E-state index in [2.05, 4.69) is 15.1 Å². The summed E-state index contributed by atoms with van der Waals surface area (Å²) in [4.78, 5) is 28.2. The number of aromatic amines is 1. The second kappa shape index (κ2) is 7.69. The molecule has 0 atom stereocenters. The molecule has 1 amide bonds. The Balaban J connectivity index is 1.71. The molecule has 0 bridgehead atoms. The molecule has 2 heterocycles. The molecule has 1 aliphatic rings. The minimum atomic E-state index is -0.500. The number of ether oxygens (including phenoxy) is 2. The van der Waals surface area contributed by atoms with Crippen LogP contribution in [0.15, 0.2) is 18.3 Å². The lowest BCUT2D eigenvalue weighted by Crippen LogP contribution is -2.47. The van der Waals surface area contributed by atoms with Crippen LogP contribution in [0.4, 0.5) is 10.5 Å². The van der Waals surface area contributed by atoms with E-state index in [1.807, 2.05) is 26.8 Å². The van der Waals surface area contributed by atoms with Crippen LogP contribution in [0.3, 0.4) is 0 Å². The summed E-state index contributed by atoms with van der Waals surface area (Å²) in [7, 11) is 3.16. The quantitative estimate of drug-likeness (QED) is 0.813. The van der Waals surface area contributed by atoms with Crippen LogP contribution in [0.25, 0.3) is 10.9 Å². The lowest BCUT2D eigenvalue weighted by molar-refractivity contribution is 0.0200. The van der Waals surface area contributed by atoms with Gasteiger partial charge in [0.25, 0.3) is 0 Å². The number of fused-ring (bicyclic) bond motifs is 1. The molecule has 8 heteroatoms. The fourth-order valence-electron chi connectivity index (χ4n) is 3.55. The average Bonchev–Trinajstić information content (AvgIpc) is 3.14. The largest absolute Gasteiger partial charge is 0.465 e. The van der Waals surface area contributed by atoms with E-state index in [-0.39, 0.29) is 12.1 Å². The molecular weight excluding hydrogens is 360 g/mol. The number of anilines is 1. The first-order valence-corrected chi connectivity index (χ1v) is 9.47. The van der Waals surface area contributed by atoms with E-state index in [4.69, 9.17) is 9.47 Å². The minimum Gasteiger partial charge on any atom is -0.465 e. The molecule has 3 rings (SSSR count). The third-order valence-electron chi connectivity index (χ3n) is 5.02. The van der Waals surface area contributed by atoms with Gasteiger partial charge in [-0.2, -0.15) is 5.10 Å². The summed E-state index contributed by atoms with van der Waals surface area (Å²) < 4.78 is 10.3. The number of aromatic nitrogens is 2. The fourth-order valence-corrected chi connectivity index (χ4v) is 3.55. The van der Waals surface area contributed by atoms with Crippen LogP contribution in [-0.2, 0) is 9.47 Å². The highest BCUT2D eigenvalue weighted by Gasteiger charge is 2.29. The molecular formula is C20H28N4O4. The third-order valence-corrected chi connectivity index (χ3v) is 5.02. The highest BCUT2D eigenvalue weighted by Crippen LogP contribution is 2.31. The fraction of sp³-hybridized carbons (Fsp3) is 0.550. The number of hydrogen-bond acceptors (Lipinski definition) is 6. The van der Waals surface area contributed by atoms with Crippen LogP contribution in [0, 0.1) is 0 Å². The lowest BCUT2D eigenvalue weighted by Gasteiger charge is -2.38. The van der Waals surface area contributed by atoms with Crippen molar-refractivity contribution in [2.45, 2.75) is 45.3 Å². The van der Waals surface area contributed by atoms with Gasteiger partial charge in [-0.05, 0) is 45.7 Å². The van der Waals surface area contributed by atoms with Crippen molar-refractivity contribution in [3.8, 4) is 0 Å². The Hall–Kier alpha value is -2.77. The topological polar surface area (TPSA) is 87.8 Å². The van der Waals surface area contributed by atoms with Crippen LogP contribution in [0.2, 0.25) is 0 Å². The molecule has 152 valence electrons. The summed E-state index contributed by atoms with van der Waals surface area (Å²) in [6, 6.07) is 3.82. The smallest absolute Gasteiger partial charge is 0.410 e. The Morgan fingerprint density at radius 1 is 1.25 bits per heavy atom. The number of methoxy groups -OCH3 is 1. The highest BCUT2D eigenvalue weighted by atomic mass is 16.6. The number of esters is 1. The van der Waals surface area contributed by atoms with Crippen molar-refractivity contribution in [1.29, 1.82) is 0 Å². The molecule has 0 aliphatic carbocycles. The molecule has 1 N–H and O–H groups in total. The number of nitrogens with zero attached hydrogens (tertiary/aromatic N) is 3. The zero-order chi connectivity index (χ0) is 20.5. The van der Waals surface area contributed by atoms with Crippen molar-refractivity contribution >= 4 is 28.7 Å². The van der Waals surface area contributed by atoms with Gasteiger partial charge in [0, 0.05) is 43.4 Å². The van der Waals surface area contributed by atoms with Crippen molar-refractivity contribution in [2.24, 2.45) is 0 Å². The molecule has 1 aliphatic heterocycles. The van der Waals surface area contributed by atoms with E-state index >= 15 is 0 Å². The maximum Gasteiger partial charge on any atom is 0.410 e. The van der Waals surface area contributed by atoms with Gasteiger partial charge in [-0.15, -0.1) is 0 Å². The second-order valence-corrected chi connectivity index (χ2v) is 8.08. The summed E-state index contributed by atoms with van der Waals surface area (Å²) in [6.45, 7) is 7.21. The summed E-state index contributed by atoms with van der Waals surface area (Å²) in [5.41, 5.74) is 1.58. The van der Waals surface area contributed by atoms with Crippen molar-refractivity contribution in [1.82, 2.24) is 15.1 Å². The van der Waals surface area contributed by atoms with Crippen LogP contribution >= 0.6 is 0 Å². The molecule has 28 heavy (non-hydrogen) atoms. The van der Waals surface area contributed by atoms with E-state index in [1.165, 1.54) is 7.11 Å². The van der Waals surface area contributed by atoms with Crippen LogP contribution in [-0.4, -0.2) is 66.0 Å². The standard InChI is InChI=1S/C20H28N4O4/c1-20(2,3)28-19(26)23(4)13-8-10-24(11-9-13)16-7-6-14(18(25)27-5)17-15(16)12-21-22-17/h6-7,12-13H,8-11H2,1-5H3,(H,21,22). The first-order chi connectivity index (χ1) is 13.2. The van der Waals surface area contributed by atoms with E-state index in [1.54, 1.807) is 24.2 Å². The number of carbonyl (C=O) groups excluding carboxylic acids is 2.